The average Bonchev–Trinajstić information content (AvgIpc) is 3.01. The van der Waals surface area contributed by atoms with E-state index in [9.17, 15) is 8.60 Å². The van der Waals surface area contributed by atoms with Gasteiger partial charge >= 0.3 is 0 Å². The number of benzene rings is 1. The van der Waals surface area contributed by atoms with Crippen molar-refractivity contribution in [3.05, 3.63) is 23.6 Å². The number of hydrogen-bond donors (Lipinski definition) is 1. The number of aromatic nitrogens is 1. The maximum absolute atomic E-state index is 13.8. The minimum absolute atomic E-state index is 0.0834. The second-order valence-corrected chi connectivity index (χ2v) is 7.06. The van der Waals surface area contributed by atoms with E-state index in [1.54, 1.807) is 0 Å². The molecule has 0 bridgehead atoms. The molecule has 114 valence electrons. The number of rotatable bonds is 3. The van der Waals surface area contributed by atoms with Gasteiger partial charge in [-0.25, -0.2) is 4.39 Å². The van der Waals surface area contributed by atoms with Crippen molar-refractivity contribution in [1.29, 1.82) is 0 Å². The van der Waals surface area contributed by atoms with Crippen LogP contribution in [0, 0.1) is 5.82 Å². The topological polar surface area (TPSA) is 76.7 Å². The molecule has 1 N–H and O–H groups in total. The molecular weight excluding hydrogens is 308 g/mol. The number of fused-ring (bicyclic) bond motifs is 1. The standard InChI is InChI=1S/C13H13BFN3O3S/c1-13(2)5-12(18-21-13)22(19)6-10-7-3-8(15)9(16-14)4-11(7)20-17-10/h3-4,16H,5-6H2,1-2H3. The van der Waals surface area contributed by atoms with Crippen molar-refractivity contribution >= 4 is 40.5 Å². The van der Waals surface area contributed by atoms with E-state index in [-0.39, 0.29) is 11.4 Å². The first-order valence-corrected chi connectivity index (χ1v) is 7.89. The molecule has 1 aliphatic rings. The summed E-state index contributed by atoms with van der Waals surface area (Å²) in [5.41, 5.74) is 0.422. The lowest BCUT2D eigenvalue weighted by atomic mass is 10.1. The van der Waals surface area contributed by atoms with Crippen molar-refractivity contribution in [2.24, 2.45) is 5.16 Å². The summed E-state index contributed by atoms with van der Waals surface area (Å²) in [6, 6.07) is 2.66. The minimum Gasteiger partial charge on any atom is -0.435 e. The Bertz CT molecular complexity index is 790. The monoisotopic (exact) mass is 321 g/mol. The Morgan fingerprint density at radius 2 is 2.27 bits per heavy atom. The third-order valence-electron chi connectivity index (χ3n) is 3.29. The van der Waals surface area contributed by atoms with Crippen molar-refractivity contribution in [1.82, 2.24) is 5.16 Å². The Balaban J connectivity index is 1.86. The summed E-state index contributed by atoms with van der Waals surface area (Å²) in [5.74, 6) is -0.451. The molecule has 1 aliphatic heterocycles. The van der Waals surface area contributed by atoms with E-state index in [4.69, 9.17) is 17.3 Å². The molecular formula is C13H13BFN3O3S. The SMILES string of the molecule is [B]Nc1cc2onc(CS(=O)C3=NOC(C)(C)C3)c2cc1F. The zero-order chi connectivity index (χ0) is 15.9. The third kappa shape index (κ3) is 2.72. The largest absolute Gasteiger partial charge is 0.435 e. The molecule has 22 heavy (non-hydrogen) atoms. The van der Waals surface area contributed by atoms with Gasteiger partial charge in [0.25, 0.3) is 0 Å². The van der Waals surface area contributed by atoms with Crippen LogP contribution in [0.2, 0.25) is 0 Å². The summed E-state index contributed by atoms with van der Waals surface area (Å²) in [6.45, 7) is 3.73. The smallest absolute Gasteiger partial charge is 0.222 e. The third-order valence-corrected chi connectivity index (χ3v) is 4.57. The Kier molecular flexibility index (Phi) is 3.68. The predicted octanol–water partition coefficient (Wildman–Crippen LogP) is 2.22. The van der Waals surface area contributed by atoms with Crippen LogP contribution in [0.15, 0.2) is 21.8 Å². The van der Waals surface area contributed by atoms with Gasteiger partial charge in [0.05, 0.1) is 22.2 Å². The van der Waals surface area contributed by atoms with E-state index in [0.29, 0.717) is 28.1 Å². The van der Waals surface area contributed by atoms with Gasteiger partial charge in [0.15, 0.2) is 5.58 Å². The van der Waals surface area contributed by atoms with Gasteiger partial charge in [-0.05, 0) is 19.9 Å². The van der Waals surface area contributed by atoms with Crippen LogP contribution in [0.1, 0.15) is 26.0 Å². The van der Waals surface area contributed by atoms with E-state index in [1.165, 1.54) is 12.1 Å². The van der Waals surface area contributed by atoms with Gasteiger partial charge in [-0.3, -0.25) is 4.21 Å². The molecule has 3 rings (SSSR count). The molecule has 2 heterocycles. The summed E-state index contributed by atoms with van der Waals surface area (Å²) in [7, 11) is 3.81. The summed E-state index contributed by atoms with van der Waals surface area (Å²) in [4.78, 5) is 5.20. The Hall–Kier alpha value is -1.90. The molecule has 1 aromatic heterocycles. The zero-order valence-electron chi connectivity index (χ0n) is 12.1. The molecule has 0 spiro atoms. The molecule has 1 aromatic carbocycles. The minimum atomic E-state index is -1.40. The van der Waals surface area contributed by atoms with E-state index >= 15 is 0 Å². The van der Waals surface area contributed by atoms with E-state index in [0.717, 1.165) is 0 Å². The highest BCUT2D eigenvalue weighted by Gasteiger charge is 2.32. The van der Waals surface area contributed by atoms with Crippen LogP contribution in [-0.4, -0.2) is 28.0 Å². The maximum atomic E-state index is 13.8. The molecule has 0 aliphatic carbocycles. The first kappa shape index (κ1) is 15.0. The number of nitrogens with one attached hydrogen (secondary N) is 1. The molecule has 0 saturated carbocycles. The Morgan fingerprint density at radius 3 is 2.91 bits per heavy atom. The molecule has 2 aromatic rings. The second kappa shape index (κ2) is 5.38. The van der Waals surface area contributed by atoms with Gasteiger partial charge in [-0.2, -0.15) is 0 Å². The molecule has 9 heteroatoms. The zero-order valence-corrected chi connectivity index (χ0v) is 12.9. The summed E-state index contributed by atoms with van der Waals surface area (Å²) < 4.78 is 31.3. The van der Waals surface area contributed by atoms with Crippen molar-refractivity contribution in [2.75, 3.05) is 5.23 Å². The highest BCUT2D eigenvalue weighted by molar-refractivity contribution is 7.99. The Labute approximate surface area is 129 Å². The molecule has 2 radical (unpaired) electrons. The van der Waals surface area contributed by atoms with E-state index in [2.05, 4.69) is 15.5 Å². The molecule has 0 saturated heterocycles. The van der Waals surface area contributed by atoms with E-state index < -0.39 is 22.2 Å². The van der Waals surface area contributed by atoms with Gasteiger partial charge in [-0.1, -0.05) is 10.3 Å². The predicted molar refractivity (Wildman–Crippen MR) is 82.4 cm³/mol. The molecule has 1 unspecified atom stereocenters. The number of nitrogens with zero attached hydrogens (tertiary/aromatic N) is 2. The quantitative estimate of drug-likeness (QED) is 0.877. The van der Waals surface area contributed by atoms with Gasteiger partial charge in [-0.15, -0.1) is 0 Å². The van der Waals surface area contributed by atoms with Crippen molar-refractivity contribution in [3.8, 4) is 0 Å². The lowest BCUT2D eigenvalue weighted by Crippen LogP contribution is -2.20. The van der Waals surface area contributed by atoms with Crippen molar-refractivity contribution in [2.45, 2.75) is 31.6 Å². The summed E-state index contributed by atoms with van der Waals surface area (Å²) >= 11 is 0. The van der Waals surface area contributed by atoms with Gasteiger partial charge in [0, 0.05) is 17.9 Å². The maximum Gasteiger partial charge on any atom is 0.222 e. The molecule has 6 nitrogen and oxygen atoms in total. The fourth-order valence-electron chi connectivity index (χ4n) is 2.16. The summed E-state index contributed by atoms with van der Waals surface area (Å²) in [6.07, 6.45) is 0.477. The highest BCUT2D eigenvalue weighted by Crippen LogP contribution is 2.28. The molecule has 0 amide bonds. The summed E-state index contributed by atoms with van der Waals surface area (Å²) in [5, 5.41) is 10.9. The highest BCUT2D eigenvalue weighted by atomic mass is 32.2. The van der Waals surface area contributed by atoms with Crippen molar-refractivity contribution < 1.29 is 18.0 Å². The molecule has 1 atom stereocenters. The fraction of sp³-hybridized carbons (Fsp3) is 0.385. The van der Waals surface area contributed by atoms with Gasteiger partial charge in [0.2, 0.25) is 7.98 Å². The van der Waals surface area contributed by atoms with Gasteiger partial charge < -0.3 is 14.6 Å². The van der Waals surface area contributed by atoms with Crippen LogP contribution in [-0.2, 0) is 21.4 Å². The molecule has 0 fully saturated rings. The number of halogens is 1. The van der Waals surface area contributed by atoms with Crippen LogP contribution in [0.3, 0.4) is 0 Å². The Morgan fingerprint density at radius 1 is 1.50 bits per heavy atom. The first-order valence-electron chi connectivity index (χ1n) is 6.57. The van der Waals surface area contributed by atoms with Gasteiger partial charge in [0.1, 0.15) is 22.2 Å². The van der Waals surface area contributed by atoms with Crippen LogP contribution in [0.25, 0.3) is 11.0 Å². The normalized spacial score (nSPS) is 18.0. The number of hydrogen-bond acceptors (Lipinski definition) is 6. The van der Waals surface area contributed by atoms with Crippen LogP contribution >= 0.6 is 0 Å². The number of anilines is 1. The lowest BCUT2D eigenvalue weighted by molar-refractivity contribution is 0.0123. The van der Waals surface area contributed by atoms with E-state index in [1.807, 2.05) is 13.8 Å². The fourth-order valence-corrected chi connectivity index (χ4v) is 3.41. The van der Waals surface area contributed by atoms with Crippen LogP contribution < -0.4 is 5.23 Å². The van der Waals surface area contributed by atoms with Crippen molar-refractivity contribution in [3.63, 3.8) is 0 Å². The average molecular weight is 321 g/mol. The van der Waals surface area contributed by atoms with Crippen LogP contribution in [0.4, 0.5) is 10.1 Å². The van der Waals surface area contributed by atoms with Crippen LogP contribution in [0.5, 0.6) is 0 Å². The number of oxime groups is 1. The second-order valence-electron chi connectivity index (χ2n) is 5.60. The lowest BCUT2D eigenvalue weighted by Gasteiger charge is -2.12. The first-order chi connectivity index (χ1) is 10.4.